The van der Waals surface area contributed by atoms with Crippen molar-refractivity contribution in [2.24, 2.45) is 0 Å². The van der Waals surface area contributed by atoms with E-state index in [1.165, 1.54) is 0 Å². The van der Waals surface area contributed by atoms with Crippen LogP contribution in [0, 0.1) is 0 Å². The van der Waals surface area contributed by atoms with Gasteiger partial charge >= 0.3 is 114 Å². The molecule has 0 saturated heterocycles. The van der Waals surface area contributed by atoms with Crippen LogP contribution in [0.3, 0.4) is 0 Å². The quantitative estimate of drug-likeness (QED) is 0.314. The molecule has 0 atom stereocenters. The van der Waals surface area contributed by atoms with E-state index in [0.29, 0.717) is 0 Å². The minimum atomic E-state index is 0. The van der Waals surface area contributed by atoms with Gasteiger partial charge in [-0.05, 0) is 0 Å². The molecule has 5 heavy (non-hydrogen) atoms. The van der Waals surface area contributed by atoms with Gasteiger partial charge in [0.05, 0.1) is 0 Å². The maximum absolute atomic E-state index is 0. The summed E-state index contributed by atoms with van der Waals surface area (Å²) in [4.78, 5) is 0. The molecule has 0 aromatic carbocycles. The average molecular weight is 477 g/mol. The second-order valence-corrected chi connectivity index (χ2v) is 0. The third-order valence-electron chi connectivity index (χ3n) is 0. The monoisotopic (exact) mass is 478 g/mol. The second kappa shape index (κ2) is 23.2. The van der Waals surface area contributed by atoms with Crippen molar-refractivity contribution in [2.45, 2.75) is 0 Å². The van der Waals surface area contributed by atoms with Gasteiger partial charge in [-0.25, -0.2) is 0 Å². The molecular formula is H9AlBaCaFePb. The summed E-state index contributed by atoms with van der Waals surface area (Å²) in [6.45, 7) is 0. The van der Waals surface area contributed by atoms with E-state index in [0.717, 1.165) is 0 Å². The second-order valence-electron chi connectivity index (χ2n) is 0. The summed E-state index contributed by atoms with van der Waals surface area (Å²) >= 11 is 0. The van der Waals surface area contributed by atoms with Crippen molar-refractivity contribution < 1.29 is 17.1 Å². The molecule has 0 aliphatic rings. The summed E-state index contributed by atoms with van der Waals surface area (Å²) < 4.78 is 0. The predicted octanol–water partition coefficient (Wildman–Crippen LogP) is -3.94. The topological polar surface area (TPSA) is 0 Å². The molecule has 0 unspecified atom stereocenters. The number of hydrogen-bond acceptors (Lipinski definition) is 0. The first kappa shape index (κ1) is 32.9. The van der Waals surface area contributed by atoms with Crippen LogP contribution in [0.15, 0.2) is 0 Å². The van der Waals surface area contributed by atoms with E-state index in [-0.39, 0.29) is 148 Å². The molecule has 0 aliphatic heterocycles. The van der Waals surface area contributed by atoms with Crippen LogP contribution in [-0.4, -0.2) is 131 Å². The fraction of sp³-hybridized carbons (Fsp3) is 0. The van der Waals surface area contributed by atoms with Crippen molar-refractivity contribution in [3.05, 3.63) is 0 Å². The zero-order valence-corrected chi connectivity index (χ0v) is 7.66. The summed E-state index contributed by atoms with van der Waals surface area (Å²) in [5, 5.41) is 0. The van der Waals surface area contributed by atoms with Crippen LogP contribution < -0.4 is 0 Å². The Bertz CT molecular complexity index is 11.6. The Morgan fingerprint density at radius 2 is 1.00 bits per heavy atom. The van der Waals surface area contributed by atoms with E-state index >= 15 is 0 Å². The van der Waals surface area contributed by atoms with Crippen LogP contribution in [0.25, 0.3) is 0 Å². The Kier molecular flexibility index (Phi) is 153. The van der Waals surface area contributed by atoms with Gasteiger partial charge in [0.2, 0.25) is 0 Å². The molecule has 0 bridgehead atoms. The van der Waals surface area contributed by atoms with Gasteiger partial charge < -0.3 is 0 Å². The first-order valence-electron chi connectivity index (χ1n) is 0. The molecule has 0 spiro atoms. The van der Waals surface area contributed by atoms with Crippen LogP contribution in [0.5, 0.6) is 0 Å². The molecule has 0 nitrogen and oxygen atoms in total. The Balaban J connectivity index is 0. The normalized spacial score (nSPS) is 0. The summed E-state index contributed by atoms with van der Waals surface area (Å²) in [7, 11) is 0. The van der Waals surface area contributed by atoms with Gasteiger partial charge in [0.1, 0.15) is 0 Å². The van der Waals surface area contributed by atoms with Crippen molar-refractivity contribution in [1.29, 1.82) is 0 Å². The Hall–Kier alpha value is 4.81. The van der Waals surface area contributed by atoms with Crippen LogP contribution in [0.4, 0.5) is 0 Å². The Morgan fingerprint density at radius 3 is 1.00 bits per heavy atom. The average Bonchev–Trinajstić information content (AvgIpc) is 0. The van der Waals surface area contributed by atoms with E-state index in [4.69, 9.17) is 0 Å². The van der Waals surface area contributed by atoms with Gasteiger partial charge in [0, 0.05) is 17.1 Å². The van der Waals surface area contributed by atoms with Crippen LogP contribution in [0.1, 0.15) is 0 Å². The third kappa shape index (κ3) is 17.7. The summed E-state index contributed by atoms with van der Waals surface area (Å²) in [6, 6.07) is 0. The van der Waals surface area contributed by atoms with E-state index in [1.54, 1.807) is 0 Å². The first-order chi connectivity index (χ1) is 0. The molecule has 0 aliphatic carbocycles. The molecule has 0 heterocycles. The molecular weight excluding hydrogens is 467 g/mol. The van der Waals surface area contributed by atoms with Crippen molar-refractivity contribution in [2.75, 3.05) is 0 Å². The minimum absolute atomic E-state index is 0. The Morgan fingerprint density at radius 1 is 1.00 bits per heavy atom. The fourth-order valence-electron chi connectivity index (χ4n) is 0. The molecule has 0 N–H and O–H groups in total. The maximum atomic E-state index is 0. The fourth-order valence-corrected chi connectivity index (χ4v) is 0. The standard InChI is InChI=1S/Al.Ba.Ca.Fe.Pb.9H. The van der Waals surface area contributed by atoms with Crippen molar-refractivity contribution >= 4 is 131 Å². The van der Waals surface area contributed by atoms with Gasteiger partial charge in [-0.15, -0.1) is 0 Å². The molecule has 0 aromatic heterocycles. The number of rotatable bonds is 0. The van der Waals surface area contributed by atoms with E-state index in [1.807, 2.05) is 0 Å². The molecule has 0 aromatic rings. The van der Waals surface area contributed by atoms with Gasteiger partial charge in [-0.3, -0.25) is 0 Å². The summed E-state index contributed by atoms with van der Waals surface area (Å²) in [5.41, 5.74) is 0. The molecule has 5 heteroatoms. The summed E-state index contributed by atoms with van der Waals surface area (Å²) in [6.07, 6.45) is 0. The zero-order chi connectivity index (χ0) is 0. The Labute approximate surface area is 144 Å². The van der Waals surface area contributed by atoms with Crippen LogP contribution in [-0.2, 0) is 17.1 Å². The molecule has 0 fully saturated rings. The third-order valence-corrected chi connectivity index (χ3v) is 0. The molecule has 0 saturated carbocycles. The molecule has 28 valence electrons. The zero-order valence-electron chi connectivity index (χ0n) is 1.06. The molecule has 0 amide bonds. The van der Waals surface area contributed by atoms with E-state index < -0.39 is 0 Å². The van der Waals surface area contributed by atoms with Crippen molar-refractivity contribution in [1.82, 2.24) is 0 Å². The first-order valence-corrected chi connectivity index (χ1v) is 0. The summed E-state index contributed by atoms with van der Waals surface area (Å²) in [5.74, 6) is 0. The predicted molar refractivity (Wildman–Crippen MR) is 35.6 cm³/mol. The van der Waals surface area contributed by atoms with Gasteiger partial charge in [-0.1, -0.05) is 0 Å². The van der Waals surface area contributed by atoms with Crippen molar-refractivity contribution in [3.63, 3.8) is 0 Å². The van der Waals surface area contributed by atoms with Gasteiger partial charge in [0.25, 0.3) is 0 Å². The molecule has 2 radical (unpaired) electrons. The van der Waals surface area contributed by atoms with Gasteiger partial charge in [0.15, 0.2) is 17.4 Å². The number of hydrogen-bond donors (Lipinski definition) is 0. The van der Waals surface area contributed by atoms with Crippen LogP contribution in [0.2, 0.25) is 0 Å². The SMILES string of the molecule is [AlH3].[BaH2].[CaH2].[Fe].[PbH2]. The van der Waals surface area contributed by atoms with Crippen LogP contribution >= 0.6 is 0 Å². The van der Waals surface area contributed by atoms with E-state index in [9.17, 15) is 0 Å². The van der Waals surface area contributed by atoms with Crippen molar-refractivity contribution in [3.8, 4) is 0 Å². The van der Waals surface area contributed by atoms with Gasteiger partial charge in [-0.2, -0.15) is 0 Å². The van der Waals surface area contributed by atoms with E-state index in [2.05, 4.69) is 0 Å². The molecule has 0 rings (SSSR count).